The van der Waals surface area contributed by atoms with Crippen molar-refractivity contribution < 1.29 is 19.2 Å². The van der Waals surface area contributed by atoms with E-state index in [0.29, 0.717) is 28.9 Å². The molecule has 0 amide bonds. The molecule has 0 aliphatic rings. The van der Waals surface area contributed by atoms with Crippen molar-refractivity contribution in [3.63, 3.8) is 0 Å². The van der Waals surface area contributed by atoms with Gasteiger partial charge in [0.2, 0.25) is 5.78 Å². The van der Waals surface area contributed by atoms with Gasteiger partial charge in [0.1, 0.15) is 5.71 Å². The molecule has 7 heteroatoms. The second kappa shape index (κ2) is 15.1. The zero-order valence-electron chi connectivity index (χ0n) is 26.0. The molecule has 5 rings (SSSR count). The average Bonchev–Trinajstić information content (AvgIpc) is 3.08. The molecule has 0 saturated carbocycles. The monoisotopic (exact) mass is 626 g/mol. The molecule has 0 N–H and O–H groups in total. The number of rotatable bonds is 12. The highest BCUT2D eigenvalue weighted by Gasteiger charge is 2.19. The van der Waals surface area contributed by atoms with Crippen LogP contribution in [0.15, 0.2) is 137 Å². The number of anilines is 3. The average molecular weight is 627 g/mol. The van der Waals surface area contributed by atoms with Crippen LogP contribution in [0.25, 0.3) is 0 Å². The van der Waals surface area contributed by atoms with E-state index in [2.05, 4.69) is 10.1 Å². The Kier molecular flexibility index (Phi) is 10.6. The van der Waals surface area contributed by atoms with Gasteiger partial charge >= 0.3 is 5.97 Å². The number of aryl methyl sites for hydroxylation is 2. The van der Waals surface area contributed by atoms with Crippen LogP contribution in [0.1, 0.15) is 50.8 Å². The number of carbonyl (C=O) groups is 3. The Hall–Kier alpha value is -5.27. The highest BCUT2D eigenvalue weighted by molar-refractivity contribution is 7.99. The van der Waals surface area contributed by atoms with Crippen molar-refractivity contribution in [2.45, 2.75) is 32.1 Å². The van der Waals surface area contributed by atoms with Gasteiger partial charge < -0.3 is 9.74 Å². The third-order valence-corrected chi connectivity index (χ3v) is 8.37. The SMILES string of the molecule is CC(=O)O/N=C(\CCSc1ccc(C)cc1)C(=O)c1ccc(N(c2ccccc2)c2ccc(C(=O)c3ccccc3C)cc2)cc1. The number of nitrogens with zero attached hydrogens (tertiary/aromatic N) is 2. The Labute approximate surface area is 273 Å². The first kappa shape index (κ1) is 32.1. The molecule has 0 radical (unpaired) electrons. The Morgan fingerprint density at radius 2 is 1.24 bits per heavy atom. The third kappa shape index (κ3) is 8.06. The van der Waals surface area contributed by atoms with Crippen LogP contribution in [0, 0.1) is 13.8 Å². The van der Waals surface area contributed by atoms with Crippen LogP contribution in [0.5, 0.6) is 0 Å². The molecular weight excluding hydrogens is 593 g/mol. The summed E-state index contributed by atoms with van der Waals surface area (Å²) in [4.78, 5) is 46.3. The van der Waals surface area contributed by atoms with Gasteiger partial charge in [-0.3, -0.25) is 9.59 Å². The first-order chi connectivity index (χ1) is 22.3. The molecule has 0 fully saturated rings. The number of benzene rings is 5. The van der Waals surface area contributed by atoms with E-state index < -0.39 is 5.97 Å². The standard InChI is InChI=1S/C39H34N2O4S/c1-27-13-23-35(24-14-27)46-26-25-37(40-45-29(3)42)39(44)31-17-21-34(22-18-31)41(32-10-5-4-6-11-32)33-19-15-30(16-20-33)38(43)36-12-8-7-9-28(36)2/h4-24H,25-26H2,1-3H3/b40-37+. The molecule has 0 bridgehead atoms. The maximum atomic E-state index is 13.5. The minimum Gasteiger partial charge on any atom is -0.318 e. The van der Waals surface area contributed by atoms with Gasteiger partial charge in [0.05, 0.1) is 0 Å². The highest BCUT2D eigenvalue weighted by Crippen LogP contribution is 2.35. The molecule has 0 spiro atoms. The van der Waals surface area contributed by atoms with Gasteiger partial charge in [0, 0.05) is 57.7 Å². The van der Waals surface area contributed by atoms with Crippen molar-refractivity contribution in [3.05, 3.63) is 155 Å². The van der Waals surface area contributed by atoms with Crippen molar-refractivity contribution >= 4 is 52.1 Å². The van der Waals surface area contributed by atoms with Gasteiger partial charge in [0.25, 0.3) is 0 Å². The number of para-hydroxylation sites is 1. The maximum absolute atomic E-state index is 13.5. The molecule has 0 aliphatic heterocycles. The maximum Gasteiger partial charge on any atom is 0.331 e. The molecule has 0 saturated heterocycles. The quantitative estimate of drug-likeness (QED) is 0.0452. The molecule has 230 valence electrons. The van der Waals surface area contributed by atoms with Crippen LogP contribution in [-0.4, -0.2) is 29.0 Å². The summed E-state index contributed by atoms with van der Waals surface area (Å²) < 4.78 is 0. The molecule has 0 heterocycles. The van der Waals surface area contributed by atoms with Gasteiger partial charge in [-0.2, -0.15) is 0 Å². The summed E-state index contributed by atoms with van der Waals surface area (Å²) in [7, 11) is 0. The molecular formula is C39H34N2O4S. The number of ketones is 2. The molecule has 5 aromatic carbocycles. The van der Waals surface area contributed by atoms with Crippen LogP contribution in [0.3, 0.4) is 0 Å². The molecule has 0 aliphatic carbocycles. The summed E-state index contributed by atoms with van der Waals surface area (Å²) >= 11 is 1.61. The zero-order chi connectivity index (χ0) is 32.5. The van der Waals surface area contributed by atoms with E-state index in [9.17, 15) is 14.4 Å². The van der Waals surface area contributed by atoms with Gasteiger partial charge in [0.15, 0.2) is 5.78 Å². The lowest BCUT2D eigenvalue weighted by Gasteiger charge is -2.25. The van der Waals surface area contributed by atoms with E-state index in [1.165, 1.54) is 12.5 Å². The van der Waals surface area contributed by atoms with Crippen molar-refractivity contribution in [2.24, 2.45) is 5.16 Å². The summed E-state index contributed by atoms with van der Waals surface area (Å²) in [6, 6.07) is 40.4. The number of thioether (sulfide) groups is 1. The van der Waals surface area contributed by atoms with Crippen molar-refractivity contribution in [1.82, 2.24) is 0 Å². The fraction of sp³-hybridized carbons (Fsp3) is 0.128. The van der Waals surface area contributed by atoms with E-state index in [1.54, 1.807) is 23.9 Å². The summed E-state index contributed by atoms with van der Waals surface area (Å²) in [5, 5.41) is 3.91. The van der Waals surface area contributed by atoms with Crippen molar-refractivity contribution in [3.8, 4) is 0 Å². The molecule has 5 aromatic rings. The lowest BCUT2D eigenvalue weighted by molar-refractivity contribution is -0.140. The number of hydrogen-bond acceptors (Lipinski definition) is 7. The van der Waals surface area contributed by atoms with E-state index in [-0.39, 0.29) is 17.3 Å². The van der Waals surface area contributed by atoms with Crippen LogP contribution >= 0.6 is 11.8 Å². The second-order valence-corrected chi connectivity index (χ2v) is 11.9. The van der Waals surface area contributed by atoms with E-state index in [0.717, 1.165) is 27.5 Å². The first-order valence-electron chi connectivity index (χ1n) is 14.9. The van der Waals surface area contributed by atoms with Crippen molar-refractivity contribution in [1.29, 1.82) is 0 Å². The van der Waals surface area contributed by atoms with Gasteiger partial charge in [-0.15, -0.1) is 11.8 Å². The molecule has 0 aromatic heterocycles. The van der Waals surface area contributed by atoms with Crippen LogP contribution in [0.4, 0.5) is 17.1 Å². The third-order valence-electron chi connectivity index (χ3n) is 7.35. The number of hydrogen-bond donors (Lipinski definition) is 0. The van der Waals surface area contributed by atoms with Gasteiger partial charge in [-0.1, -0.05) is 65.3 Å². The Morgan fingerprint density at radius 1 is 0.674 bits per heavy atom. The van der Waals surface area contributed by atoms with Gasteiger partial charge in [-0.05, 0) is 92.2 Å². The highest BCUT2D eigenvalue weighted by atomic mass is 32.2. The summed E-state index contributed by atoms with van der Waals surface area (Å²) in [6.07, 6.45) is 0.329. The zero-order valence-corrected chi connectivity index (χ0v) is 26.8. The Morgan fingerprint density at radius 3 is 1.85 bits per heavy atom. The smallest absolute Gasteiger partial charge is 0.318 e. The normalized spacial score (nSPS) is 11.2. The molecule has 0 atom stereocenters. The van der Waals surface area contributed by atoms with Crippen LogP contribution in [0.2, 0.25) is 0 Å². The topological polar surface area (TPSA) is 76.0 Å². The lowest BCUT2D eigenvalue weighted by atomic mass is 9.99. The largest absolute Gasteiger partial charge is 0.331 e. The fourth-order valence-electron chi connectivity index (χ4n) is 4.92. The fourth-order valence-corrected chi connectivity index (χ4v) is 5.78. The molecule has 6 nitrogen and oxygen atoms in total. The van der Waals surface area contributed by atoms with Crippen LogP contribution < -0.4 is 4.90 Å². The predicted molar refractivity (Wildman–Crippen MR) is 186 cm³/mol. The van der Waals surface area contributed by atoms with Crippen molar-refractivity contribution in [2.75, 3.05) is 10.7 Å². The summed E-state index contributed by atoms with van der Waals surface area (Å²) in [5.41, 5.74) is 6.61. The lowest BCUT2D eigenvalue weighted by Crippen LogP contribution is -2.17. The van der Waals surface area contributed by atoms with E-state index in [1.807, 2.05) is 129 Å². The number of oxime groups is 1. The van der Waals surface area contributed by atoms with Gasteiger partial charge in [-0.25, -0.2) is 4.79 Å². The molecule has 0 unspecified atom stereocenters. The number of Topliss-reactive ketones (excluding diaryl/α,β-unsaturated/α-hetero) is 1. The van der Waals surface area contributed by atoms with Crippen LogP contribution in [-0.2, 0) is 9.63 Å². The minimum absolute atomic E-state index is 0.0257. The number of carbonyl (C=O) groups excluding carboxylic acids is 3. The Bertz CT molecular complexity index is 1850. The van der Waals surface area contributed by atoms with E-state index in [4.69, 9.17) is 4.84 Å². The second-order valence-electron chi connectivity index (χ2n) is 10.8. The minimum atomic E-state index is -0.586. The summed E-state index contributed by atoms with van der Waals surface area (Å²) in [5.74, 6) is -0.321. The summed E-state index contributed by atoms with van der Waals surface area (Å²) in [6.45, 7) is 5.22. The van der Waals surface area contributed by atoms with E-state index >= 15 is 0 Å². The Balaban J connectivity index is 1.38. The first-order valence-corrected chi connectivity index (χ1v) is 15.9. The molecule has 46 heavy (non-hydrogen) atoms. The predicted octanol–water partition coefficient (Wildman–Crippen LogP) is 9.29.